The van der Waals surface area contributed by atoms with Crippen LogP contribution in [0.3, 0.4) is 0 Å². The summed E-state index contributed by atoms with van der Waals surface area (Å²) in [5.41, 5.74) is 3.52. The Balaban J connectivity index is 1.54. The molecule has 1 fully saturated rings. The van der Waals surface area contributed by atoms with Crippen molar-refractivity contribution in [3.63, 3.8) is 0 Å². The number of rotatable bonds is 4. The zero-order valence-electron chi connectivity index (χ0n) is 15.9. The number of aryl methyl sites for hydroxylation is 1. The van der Waals surface area contributed by atoms with Crippen LogP contribution in [-0.2, 0) is 16.0 Å². The van der Waals surface area contributed by atoms with E-state index >= 15 is 0 Å². The van der Waals surface area contributed by atoms with Gasteiger partial charge in [0.2, 0.25) is 0 Å². The number of carbonyl (C=O) groups is 2. The highest BCUT2D eigenvalue weighted by Gasteiger charge is 2.16. The molecule has 6 nitrogen and oxygen atoms in total. The van der Waals surface area contributed by atoms with Gasteiger partial charge in [-0.1, -0.05) is 19.1 Å². The Morgan fingerprint density at radius 3 is 1.78 bits per heavy atom. The molecular formula is C21H26N4O2. The average Bonchev–Trinajstić information content (AvgIpc) is 2.70. The van der Waals surface area contributed by atoms with Crippen LogP contribution in [0.15, 0.2) is 48.5 Å². The van der Waals surface area contributed by atoms with E-state index in [1.54, 1.807) is 12.1 Å². The highest BCUT2D eigenvalue weighted by molar-refractivity contribution is 6.43. The maximum Gasteiger partial charge on any atom is 0.314 e. The van der Waals surface area contributed by atoms with Crippen LogP contribution >= 0.6 is 0 Å². The molecule has 2 amide bonds. The second kappa shape index (κ2) is 8.68. The molecule has 1 aliphatic heterocycles. The Kier molecular flexibility index (Phi) is 6.08. The van der Waals surface area contributed by atoms with E-state index in [4.69, 9.17) is 0 Å². The van der Waals surface area contributed by atoms with E-state index in [2.05, 4.69) is 34.4 Å². The van der Waals surface area contributed by atoms with Crippen LogP contribution in [-0.4, -0.2) is 49.9 Å². The van der Waals surface area contributed by atoms with Crippen LogP contribution in [0.4, 0.5) is 17.1 Å². The largest absolute Gasteiger partial charge is 0.369 e. The van der Waals surface area contributed by atoms with Crippen molar-refractivity contribution in [2.24, 2.45) is 0 Å². The molecule has 0 radical (unpaired) electrons. The summed E-state index contributed by atoms with van der Waals surface area (Å²) in [6, 6.07) is 15.1. The van der Waals surface area contributed by atoms with Gasteiger partial charge in [-0.3, -0.25) is 9.59 Å². The number of nitrogens with zero attached hydrogens (tertiary/aromatic N) is 2. The summed E-state index contributed by atoms with van der Waals surface area (Å²) in [4.78, 5) is 28.8. The van der Waals surface area contributed by atoms with Crippen molar-refractivity contribution in [1.82, 2.24) is 4.90 Å². The predicted molar refractivity (Wildman–Crippen MR) is 109 cm³/mol. The molecule has 142 valence electrons. The highest BCUT2D eigenvalue weighted by Crippen LogP contribution is 2.19. The van der Waals surface area contributed by atoms with Crippen LogP contribution in [0.2, 0.25) is 0 Å². The fraction of sp³-hybridized carbons (Fsp3) is 0.333. The fourth-order valence-electron chi connectivity index (χ4n) is 3.02. The van der Waals surface area contributed by atoms with Gasteiger partial charge in [-0.25, -0.2) is 0 Å². The van der Waals surface area contributed by atoms with E-state index in [0.29, 0.717) is 11.4 Å². The maximum absolute atomic E-state index is 12.1. The first-order chi connectivity index (χ1) is 13.0. The molecule has 0 atom stereocenters. The third kappa shape index (κ3) is 5.08. The van der Waals surface area contributed by atoms with Crippen LogP contribution < -0.4 is 15.5 Å². The lowest BCUT2D eigenvalue weighted by atomic mass is 10.1. The molecule has 1 heterocycles. The topological polar surface area (TPSA) is 64.7 Å². The molecule has 2 aromatic rings. The third-order valence-electron chi connectivity index (χ3n) is 4.82. The monoisotopic (exact) mass is 366 g/mol. The molecule has 2 N–H and O–H groups in total. The zero-order valence-corrected chi connectivity index (χ0v) is 15.9. The number of likely N-dealkylation sites (N-methyl/N-ethyl adjacent to an activating group) is 1. The van der Waals surface area contributed by atoms with Gasteiger partial charge in [0.05, 0.1) is 0 Å². The quantitative estimate of drug-likeness (QED) is 0.817. The maximum atomic E-state index is 12.1. The second-order valence-corrected chi connectivity index (χ2v) is 6.80. The van der Waals surface area contributed by atoms with Crippen molar-refractivity contribution in [2.75, 3.05) is 48.8 Å². The lowest BCUT2D eigenvalue weighted by Crippen LogP contribution is -2.44. The lowest BCUT2D eigenvalue weighted by Gasteiger charge is -2.34. The molecular weight excluding hydrogens is 340 g/mol. The van der Waals surface area contributed by atoms with Crippen molar-refractivity contribution in [3.8, 4) is 0 Å². The van der Waals surface area contributed by atoms with E-state index in [0.717, 1.165) is 38.3 Å². The van der Waals surface area contributed by atoms with Gasteiger partial charge >= 0.3 is 11.8 Å². The number of piperazine rings is 1. The Morgan fingerprint density at radius 2 is 1.30 bits per heavy atom. The normalized spacial score (nSPS) is 14.7. The van der Waals surface area contributed by atoms with Crippen LogP contribution in [0.5, 0.6) is 0 Å². The minimum absolute atomic E-state index is 0.606. The molecule has 3 rings (SSSR count). The van der Waals surface area contributed by atoms with Crippen molar-refractivity contribution < 1.29 is 9.59 Å². The van der Waals surface area contributed by atoms with Gasteiger partial charge in [-0.15, -0.1) is 0 Å². The SMILES string of the molecule is CCc1ccc(NC(=O)C(=O)Nc2ccc(N3CCN(C)CC3)cc2)cc1. The number of anilines is 3. The smallest absolute Gasteiger partial charge is 0.314 e. The van der Waals surface area contributed by atoms with E-state index < -0.39 is 11.8 Å². The summed E-state index contributed by atoms with van der Waals surface area (Å²) < 4.78 is 0. The van der Waals surface area contributed by atoms with Gasteiger partial charge < -0.3 is 20.4 Å². The molecule has 6 heteroatoms. The van der Waals surface area contributed by atoms with Crippen molar-refractivity contribution in [3.05, 3.63) is 54.1 Å². The Morgan fingerprint density at radius 1 is 0.815 bits per heavy atom. The standard InChI is InChI=1S/C21H26N4O2/c1-3-16-4-6-17(7-5-16)22-20(26)21(27)23-18-8-10-19(11-9-18)25-14-12-24(2)13-15-25/h4-11H,3,12-15H2,1-2H3,(H,22,26)(H,23,27). The number of carbonyl (C=O) groups excluding carboxylic acids is 2. The van der Waals surface area contributed by atoms with Crippen molar-refractivity contribution in [1.29, 1.82) is 0 Å². The molecule has 27 heavy (non-hydrogen) atoms. The number of nitrogens with one attached hydrogen (secondary N) is 2. The van der Waals surface area contributed by atoms with Gasteiger partial charge in [0.15, 0.2) is 0 Å². The zero-order chi connectivity index (χ0) is 19.2. The van der Waals surface area contributed by atoms with E-state index in [1.807, 2.05) is 36.4 Å². The second-order valence-electron chi connectivity index (χ2n) is 6.80. The summed E-state index contributed by atoms with van der Waals surface area (Å²) in [5.74, 6) is -1.36. The summed E-state index contributed by atoms with van der Waals surface area (Å²) in [5, 5.41) is 5.26. The lowest BCUT2D eigenvalue weighted by molar-refractivity contribution is -0.132. The van der Waals surface area contributed by atoms with Gasteiger partial charge in [0.25, 0.3) is 0 Å². The molecule has 1 aliphatic rings. The molecule has 0 aromatic heterocycles. The van der Waals surface area contributed by atoms with Gasteiger partial charge in [0, 0.05) is 43.2 Å². The number of amides is 2. The van der Waals surface area contributed by atoms with Crippen molar-refractivity contribution >= 4 is 28.9 Å². The highest BCUT2D eigenvalue weighted by atomic mass is 16.2. The molecule has 0 bridgehead atoms. The number of hydrogen-bond acceptors (Lipinski definition) is 4. The minimum Gasteiger partial charge on any atom is -0.369 e. The summed E-state index contributed by atoms with van der Waals surface area (Å²) in [7, 11) is 2.12. The molecule has 1 saturated heterocycles. The number of hydrogen-bond donors (Lipinski definition) is 2. The summed E-state index contributed by atoms with van der Waals surface area (Å²) in [6.07, 6.45) is 0.929. The fourth-order valence-corrected chi connectivity index (χ4v) is 3.02. The van der Waals surface area contributed by atoms with Gasteiger partial charge in [-0.05, 0) is 55.4 Å². The Bertz CT molecular complexity index is 779. The summed E-state index contributed by atoms with van der Waals surface area (Å²) >= 11 is 0. The van der Waals surface area contributed by atoms with Crippen LogP contribution in [0.1, 0.15) is 12.5 Å². The minimum atomic E-state index is -0.679. The predicted octanol–water partition coefficient (Wildman–Crippen LogP) is 2.58. The first-order valence-electron chi connectivity index (χ1n) is 9.30. The third-order valence-corrected chi connectivity index (χ3v) is 4.82. The summed E-state index contributed by atoms with van der Waals surface area (Å²) in [6.45, 7) is 6.12. The van der Waals surface area contributed by atoms with Crippen molar-refractivity contribution in [2.45, 2.75) is 13.3 Å². The van der Waals surface area contributed by atoms with E-state index in [-0.39, 0.29) is 0 Å². The molecule has 0 saturated carbocycles. The van der Waals surface area contributed by atoms with Gasteiger partial charge in [0.1, 0.15) is 0 Å². The molecule has 2 aromatic carbocycles. The van der Waals surface area contributed by atoms with Gasteiger partial charge in [-0.2, -0.15) is 0 Å². The molecule has 0 spiro atoms. The first kappa shape index (κ1) is 18.9. The molecule has 0 unspecified atom stereocenters. The van der Waals surface area contributed by atoms with E-state index in [9.17, 15) is 9.59 Å². The first-order valence-corrected chi connectivity index (χ1v) is 9.30. The average molecular weight is 366 g/mol. The number of benzene rings is 2. The van der Waals surface area contributed by atoms with Crippen LogP contribution in [0, 0.1) is 0 Å². The van der Waals surface area contributed by atoms with Crippen LogP contribution in [0.25, 0.3) is 0 Å². The Labute approximate surface area is 160 Å². The molecule has 0 aliphatic carbocycles. The Hall–Kier alpha value is -2.86. The van der Waals surface area contributed by atoms with E-state index in [1.165, 1.54) is 5.56 Å².